The lowest BCUT2D eigenvalue weighted by molar-refractivity contribution is -0.000511. The summed E-state index contributed by atoms with van der Waals surface area (Å²) in [7, 11) is -1.32. The number of imidazole rings is 1. The number of halogens is 1. The van der Waals surface area contributed by atoms with Gasteiger partial charge in [0.25, 0.3) is 11.8 Å². The highest BCUT2D eigenvalue weighted by Crippen LogP contribution is 2.44. The molecule has 6 aromatic rings. The van der Waals surface area contributed by atoms with E-state index in [1.807, 2.05) is 31.2 Å². The zero-order chi connectivity index (χ0) is 42.5. The highest BCUT2D eigenvalue weighted by Gasteiger charge is 2.45. The fourth-order valence-electron chi connectivity index (χ4n) is 8.41. The Morgan fingerprint density at radius 2 is 1.79 bits per heavy atom. The SMILES string of the molecule is Cc1cnc(N2CC3(CCOCC3)C2)c(C(=O)Nc2ccc(C(=O)N3CCc4cc(C(=O)c5nc6ncccc6n5COCC[Si](C)(C)C)sc4-c4ccc(F)cc43)cc2)c1. The van der Waals surface area contributed by atoms with E-state index >= 15 is 4.39 Å². The monoisotopic (exact) mass is 857 g/mol. The number of ether oxygens (including phenoxy) is 2. The number of pyridine rings is 2. The Morgan fingerprint density at radius 3 is 2.56 bits per heavy atom. The van der Waals surface area contributed by atoms with E-state index in [1.165, 1.54) is 23.5 Å². The zero-order valence-electron chi connectivity index (χ0n) is 34.8. The Kier molecular flexibility index (Phi) is 10.9. The van der Waals surface area contributed by atoms with E-state index in [4.69, 9.17) is 9.47 Å². The highest BCUT2D eigenvalue weighted by atomic mass is 32.1. The van der Waals surface area contributed by atoms with Crippen LogP contribution in [0.4, 0.5) is 21.6 Å². The van der Waals surface area contributed by atoms with Crippen LogP contribution in [-0.2, 0) is 22.6 Å². The van der Waals surface area contributed by atoms with Crippen molar-refractivity contribution in [3.05, 3.63) is 118 Å². The molecule has 314 valence electrons. The molecule has 61 heavy (non-hydrogen) atoms. The van der Waals surface area contributed by atoms with Crippen LogP contribution < -0.4 is 15.1 Å². The molecular weight excluding hydrogens is 810 g/mol. The Hall–Kier alpha value is -5.61. The molecule has 2 saturated heterocycles. The summed E-state index contributed by atoms with van der Waals surface area (Å²) in [5.41, 5.74) is 5.65. The lowest BCUT2D eigenvalue weighted by Crippen LogP contribution is -2.59. The molecule has 9 rings (SSSR count). The van der Waals surface area contributed by atoms with Crippen LogP contribution in [0.1, 0.15) is 60.2 Å². The summed E-state index contributed by atoms with van der Waals surface area (Å²) in [5, 5.41) is 3.00. The van der Waals surface area contributed by atoms with Crippen LogP contribution in [0.25, 0.3) is 21.6 Å². The Morgan fingerprint density at radius 1 is 1.00 bits per heavy atom. The minimum atomic E-state index is -1.32. The van der Waals surface area contributed by atoms with Crippen LogP contribution in [0.3, 0.4) is 0 Å². The van der Waals surface area contributed by atoms with Gasteiger partial charge in [-0.3, -0.25) is 19.0 Å². The molecule has 3 aliphatic rings. The number of fused-ring (bicyclic) bond motifs is 4. The van der Waals surface area contributed by atoms with Crippen LogP contribution in [-0.4, -0.2) is 84.6 Å². The third-order valence-electron chi connectivity index (χ3n) is 11.9. The summed E-state index contributed by atoms with van der Waals surface area (Å²) in [4.78, 5) is 60.9. The number of carbonyl (C=O) groups is 3. The number of thiophene rings is 1. The number of amides is 2. The summed E-state index contributed by atoms with van der Waals surface area (Å²) in [6.45, 7) is 13.0. The fraction of sp³-hybridized carbons (Fsp3) is 0.348. The predicted molar refractivity (Wildman–Crippen MR) is 238 cm³/mol. The molecule has 2 aromatic carbocycles. The summed E-state index contributed by atoms with van der Waals surface area (Å²) >= 11 is 1.31. The summed E-state index contributed by atoms with van der Waals surface area (Å²) in [6, 6.07) is 19.6. The van der Waals surface area contributed by atoms with E-state index in [1.54, 1.807) is 52.2 Å². The van der Waals surface area contributed by atoms with E-state index < -0.39 is 13.9 Å². The quantitative estimate of drug-likeness (QED) is 0.0773. The standard InChI is InChI=1S/C46H48FN7O5SSi/c1-29-22-35(42(49-25-29)52-26-46(27-52)14-18-58-19-15-46)44(56)50-33-10-7-30(8-11-33)45(57)53-17-13-31-23-38(60-40(31)34-12-9-32(47)24-37(34)53)39(55)43-51-41-36(6-5-16-48-41)54(43)28-59-20-21-61(2,3)4/h5-12,16,22-25H,13-15,17-21,26-28H2,1-4H3,(H,50,56). The van der Waals surface area contributed by atoms with Crippen LogP contribution in [0.2, 0.25) is 25.7 Å². The van der Waals surface area contributed by atoms with Crippen LogP contribution in [0, 0.1) is 18.2 Å². The fourth-order valence-corrected chi connectivity index (χ4v) is 10.3. The van der Waals surface area contributed by atoms with Gasteiger partial charge in [0.1, 0.15) is 18.4 Å². The zero-order valence-corrected chi connectivity index (χ0v) is 36.6. The van der Waals surface area contributed by atoms with Gasteiger partial charge in [-0.05, 0) is 110 Å². The van der Waals surface area contributed by atoms with Crippen molar-refractivity contribution in [2.45, 2.75) is 58.6 Å². The molecule has 0 radical (unpaired) electrons. The van der Waals surface area contributed by atoms with Gasteiger partial charge in [0.05, 0.1) is 21.6 Å². The van der Waals surface area contributed by atoms with Gasteiger partial charge in [-0.15, -0.1) is 11.3 Å². The second-order valence-corrected chi connectivity index (χ2v) is 24.3. The van der Waals surface area contributed by atoms with E-state index in [9.17, 15) is 14.4 Å². The van der Waals surface area contributed by atoms with Crippen molar-refractivity contribution in [2.24, 2.45) is 5.41 Å². The lowest BCUT2D eigenvalue weighted by atomic mass is 9.73. The van der Waals surface area contributed by atoms with Gasteiger partial charge in [0.2, 0.25) is 5.78 Å². The maximum atomic E-state index is 15.0. The largest absolute Gasteiger partial charge is 0.381 e. The van der Waals surface area contributed by atoms with Crippen molar-refractivity contribution in [3.8, 4) is 10.4 Å². The molecule has 0 atom stereocenters. The molecule has 1 N–H and O–H groups in total. The second-order valence-electron chi connectivity index (χ2n) is 17.6. The third-order valence-corrected chi connectivity index (χ3v) is 14.8. The van der Waals surface area contributed by atoms with Crippen molar-refractivity contribution < 1.29 is 28.2 Å². The van der Waals surface area contributed by atoms with Gasteiger partial charge in [-0.2, -0.15) is 0 Å². The number of hydrogen-bond acceptors (Lipinski definition) is 10. The van der Waals surface area contributed by atoms with Crippen molar-refractivity contribution in [2.75, 3.05) is 54.6 Å². The Balaban J connectivity index is 0.927. The Labute approximate surface area is 358 Å². The van der Waals surface area contributed by atoms with Gasteiger partial charge in [-0.1, -0.05) is 19.6 Å². The van der Waals surface area contributed by atoms with E-state index in [0.29, 0.717) is 63.0 Å². The maximum Gasteiger partial charge on any atom is 0.259 e. The maximum absolute atomic E-state index is 15.0. The number of carbonyl (C=O) groups excluding carboxylic acids is 3. The molecule has 2 fully saturated rings. The number of aryl methyl sites for hydroxylation is 1. The minimum absolute atomic E-state index is 0.173. The number of nitrogens with one attached hydrogen (secondary N) is 1. The first-order valence-electron chi connectivity index (χ1n) is 20.7. The lowest BCUT2D eigenvalue weighted by Gasteiger charge is -2.53. The van der Waals surface area contributed by atoms with Gasteiger partial charge in [-0.25, -0.2) is 19.3 Å². The van der Waals surface area contributed by atoms with E-state index in [0.717, 1.165) is 61.2 Å². The number of anilines is 3. The predicted octanol–water partition coefficient (Wildman–Crippen LogP) is 8.62. The molecule has 0 saturated carbocycles. The summed E-state index contributed by atoms with van der Waals surface area (Å²) in [5.74, 6) is -0.418. The average Bonchev–Trinajstić information content (AvgIpc) is 3.79. The molecule has 2 amide bonds. The molecule has 3 aliphatic heterocycles. The summed E-state index contributed by atoms with van der Waals surface area (Å²) in [6.07, 6.45) is 5.89. The molecule has 15 heteroatoms. The van der Waals surface area contributed by atoms with Crippen molar-refractivity contribution in [1.29, 1.82) is 0 Å². The van der Waals surface area contributed by atoms with Crippen LogP contribution in [0.5, 0.6) is 0 Å². The second kappa shape index (κ2) is 16.3. The summed E-state index contributed by atoms with van der Waals surface area (Å²) < 4.78 is 28.4. The molecular formula is C46H48FN7O5SSi. The third kappa shape index (κ3) is 8.26. The smallest absolute Gasteiger partial charge is 0.259 e. The van der Waals surface area contributed by atoms with E-state index in [2.05, 4.69) is 44.8 Å². The average molecular weight is 858 g/mol. The molecule has 0 bridgehead atoms. The van der Waals surface area contributed by atoms with Gasteiger partial charge >= 0.3 is 0 Å². The van der Waals surface area contributed by atoms with Gasteiger partial charge < -0.3 is 24.6 Å². The number of rotatable bonds is 11. The van der Waals surface area contributed by atoms with Crippen LogP contribution in [0.15, 0.2) is 79.1 Å². The highest BCUT2D eigenvalue weighted by molar-refractivity contribution is 7.17. The van der Waals surface area contributed by atoms with Crippen molar-refractivity contribution >= 4 is 65.4 Å². The molecule has 12 nitrogen and oxygen atoms in total. The molecule has 0 unspecified atom stereocenters. The molecule has 0 aliphatic carbocycles. The van der Waals surface area contributed by atoms with Crippen LogP contribution >= 0.6 is 11.3 Å². The number of hydrogen-bond donors (Lipinski definition) is 1. The number of nitrogens with zero attached hydrogens (tertiary/aromatic N) is 6. The normalized spacial score (nSPS) is 15.9. The van der Waals surface area contributed by atoms with Crippen molar-refractivity contribution in [3.63, 3.8) is 0 Å². The van der Waals surface area contributed by atoms with Crippen molar-refractivity contribution in [1.82, 2.24) is 19.5 Å². The van der Waals surface area contributed by atoms with Gasteiger partial charge in [0, 0.05) is 87.0 Å². The van der Waals surface area contributed by atoms with E-state index in [-0.39, 0.29) is 42.1 Å². The number of benzene rings is 2. The Bertz CT molecular complexity index is 2660. The first kappa shape index (κ1) is 40.8. The number of aromatic nitrogens is 4. The molecule has 1 spiro atoms. The van der Waals surface area contributed by atoms with Gasteiger partial charge in [0.15, 0.2) is 11.5 Å². The first-order valence-corrected chi connectivity index (χ1v) is 25.3. The topological polar surface area (TPSA) is 132 Å². The first-order chi connectivity index (χ1) is 29.3. The number of ketones is 1. The molecule has 7 heterocycles. The molecule has 4 aromatic heterocycles. The minimum Gasteiger partial charge on any atom is -0.381 e.